The summed E-state index contributed by atoms with van der Waals surface area (Å²) >= 11 is 12.3. The second kappa shape index (κ2) is 7.59. The van der Waals surface area contributed by atoms with Gasteiger partial charge in [0, 0.05) is 49.4 Å². The van der Waals surface area contributed by atoms with E-state index in [0.29, 0.717) is 39.5 Å². The van der Waals surface area contributed by atoms with Crippen molar-refractivity contribution in [2.45, 2.75) is 6.54 Å². The van der Waals surface area contributed by atoms with Gasteiger partial charge in [0.05, 0.1) is 27.4 Å². The fraction of sp³-hybridized carbons (Fsp3) is 0.238. The number of furan rings is 1. The number of benzene rings is 2. The fourth-order valence-electron chi connectivity index (χ4n) is 3.79. The highest BCUT2D eigenvalue weighted by Gasteiger charge is 2.24. The van der Waals surface area contributed by atoms with Crippen molar-refractivity contribution in [2.75, 3.05) is 26.2 Å². The van der Waals surface area contributed by atoms with Gasteiger partial charge in [-0.2, -0.15) is 0 Å². The van der Waals surface area contributed by atoms with Crippen molar-refractivity contribution in [1.82, 2.24) is 10.2 Å². The van der Waals surface area contributed by atoms with E-state index in [2.05, 4.69) is 20.4 Å². The molecule has 3 heterocycles. The molecule has 0 atom stereocenters. The average Bonchev–Trinajstić information content (AvgIpc) is 3.28. The lowest BCUT2D eigenvalue weighted by atomic mass is 10.1. The first-order valence-corrected chi connectivity index (χ1v) is 10.3. The standard InChI is InChI=1S/C21H18Cl2N4O3/c22-11-1-2-16-12(7-11)17(26-25-16)9-18-20(29)13-8-15(23)19(28)14(21(13)30-18)10-27-5-3-24-4-6-27/h1-2,7-9,24,28-29H,3-6,10H2. The maximum Gasteiger partial charge on any atom is 0.172 e. The van der Waals surface area contributed by atoms with Gasteiger partial charge in [-0.1, -0.05) is 23.2 Å². The van der Waals surface area contributed by atoms with Crippen LogP contribution in [-0.2, 0) is 6.54 Å². The largest absolute Gasteiger partial charge is 0.506 e. The lowest BCUT2D eigenvalue weighted by Crippen LogP contribution is -2.42. The predicted octanol–water partition coefficient (Wildman–Crippen LogP) is 5.15. The number of phenols is 1. The predicted molar refractivity (Wildman–Crippen MR) is 117 cm³/mol. The van der Waals surface area contributed by atoms with Crippen molar-refractivity contribution in [3.05, 3.63) is 51.2 Å². The van der Waals surface area contributed by atoms with E-state index >= 15 is 0 Å². The molecule has 2 aliphatic rings. The van der Waals surface area contributed by atoms with E-state index in [0.717, 1.165) is 31.7 Å². The molecular formula is C21H18Cl2N4O3. The van der Waals surface area contributed by atoms with Gasteiger partial charge in [-0.3, -0.25) is 4.90 Å². The van der Waals surface area contributed by atoms with Crippen LogP contribution in [0, 0.1) is 0 Å². The molecule has 1 saturated heterocycles. The van der Waals surface area contributed by atoms with Gasteiger partial charge in [-0.05, 0) is 24.3 Å². The topological polar surface area (TPSA) is 93.6 Å². The minimum Gasteiger partial charge on any atom is -0.506 e. The Morgan fingerprint density at radius 3 is 2.70 bits per heavy atom. The number of halogens is 2. The summed E-state index contributed by atoms with van der Waals surface area (Å²) in [6.07, 6.45) is 1.61. The molecule has 3 aromatic rings. The van der Waals surface area contributed by atoms with Gasteiger partial charge < -0.3 is 19.9 Å². The molecule has 7 nitrogen and oxygen atoms in total. The summed E-state index contributed by atoms with van der Waals surface area (Å²) in [5.74, 6) is 0.120. The van der Waals surface area contributed by atoms with Crippen LogP contribution >= 0.6 is 23.2 Å². The Hall–Kier alpha value is -2.58. The lowest BCUT2D eigenvalue weighted by Gasteiger charge is -2.27. The van der Waals surface area contributed by atoms with E-state index < -0.39 is 0 Å². The SMILES string of the molecule is Oc1c(Cl)cc2c(O)c(C=C3N=Nc4ccc(Cl)cc43)oc2c1CN1CCNCC1. The van der Waals surface area contributed by atoms with Gasteiger partial charge in [0.2, 0.25) is 0 Å². The minimum absolute atomic E-state index is 0.0340. The molecule has 1 aromatic heterocycles. The van der Waals surface area contributed by atoms with E-state index in [1.54, 1.807) is 24.3 Å². The van der Waals surface area contributed by atoms with Gasteiger partial charge in [0.15, 0.2) is 11.5 Å². The van der Waals surface area contributed by atoms with Crippen LogP contribution in [0.5, 0.6) is 11.5 Å². The number of piperazine rings is 1. The van der Waals surface area contributed by atoms with E-state index in [-0.39, 0.29) is 22.3 Å². The quantitative estimate of drug-likeness (QED) is 0.519. The maximum atomic E-state index is 10.8. The highest BCUT2D eigenvalue weighted by atomic mass is 35.5. The number of nitrogens with one attached hydrogen (secondary N) is 1. The number of hydrogen-bond acceptors (Lipinski definition) is 7. The monoisotopic (exact) mass is 444 g/mol. The summed E-state index contributed by atoms with van der Waals surface area (Å²) in [5.41, 5.74) is 2.93. The molecule has 5 rings (SSSR count). The van der Waals surface area contributed by atoms with Crippen LogP contribution in [-0.4, -0.2) is 41.3 Å². The molecule has 0 saturated carbocycles. The Bertz CT molecular complexity index is 1210. The Balaban J connectivity index is 1.60. The average molecular weight is 445 g/mol. The molecule has 0 amide bonds. The van der Waals surface area contributed by atoms with Gasteiger partial charge in [0.25, 0.3) is 0 Å². The summed E-state index contributed by atoms with van der Waals surface area (Å²) in [7, 11) is 0. The van der Waals surface area contributed by atoms with Crippen LogP contribution in [0.4, 0.5) is 5.69 Å². The van der Waals surface area contributed by atoms with Crippen molar-refractivity contribution in [2.24, 2.45) is 10.2 Å². The molecule has 2 aliphatic heterocycles. The number of fused-ring (bicyclic) bond motifs is 2. The second-order valence-corrected chi connectivity index (χ2v) is 8.14. The number of hydrogen-bond donors (Lipinski definition) is 3. The molecule has 0 radical (unpaired) electrons. The summed E-state index contributed by atoms with van der Waals surface area (Å²) in [6.45, 7) is 3.89. The molecule has 3 N–H and O–H groups in total. The minimum atomic E-state index is -0.0633. The first kappa shape index (κ1) is 19.4. The molecule has 0 bridgehead atoms. The Labute approximate surface area is 182 Å². The second-order valence-electron chi connectivity index (χ2n) is 7.29. The van der Waals surface area contributed by atoms with Crippen LogP contribution in [0.25, 0.3) is 22.7 Å². The van der Waals surface area contributed by atoms with Gasteiger partial charge in [-0.25, -0.2) is 0 Å². The van der Waals surface area contributed by atoms with Crippen molar-refractivity contribution in [3.8, 4) is 11.5 Å². The van der Waals surface area contributed by atoms with E-state index in [1.807, 2.05) is 0 Å². The Kier molecular flexibility index (Phi) is 4.91. The zero-order valence-electron chi connectivity index (χ0n) is 15.8. The van der Waals surface area contributed by atoms with E-state index in [4.69, 9.17) is 27.6 Å². The van der Waals surface area contributed by atoms with Crippen molar-refractivity contribution >= 4 is 51.6 Å². The number of azo groups is 1. The Morgan fingerprint density at radius 1 is 1.10 bits per heavy atom. The zero-order valence-corrected chi connectivity index (χ0v) is 17.3. The number of aromatic hydroxyl groups is 2. The molecule has 154 valence electrons. The summed E-state index contributed by atoms with van der Waals surface area (Å²) < 4.78 is 5.99. The Morgan fingerprint density at radius 2 is 1.90 bits per heavy atom. The third-order valence-electron chi connectivity index (χ3n) is 5.36. The normalized spacial score (nSPS) is 17.9. The van der Waals surface area contributed by atoms with Crippen molar-refractivity contribution in [1.29, 1.82) is 0 Å². The third kappa shape index (κ3) is 3.33. The summed E-state index contributed by atoms with van der Waals surface area (Å²) in [6, 6.07) is 6.80. The van der Waals surface area contributed by atoms with Gasteiger partial charge >= 0.3 is 0 Å². The van der Waals surface area contributed by atoms with Crippen LogP contribution in [0.3, 0.4) is 0 Å². The molecule has 0 aliphatic carbocycles. The fourth-order valence-corrected chi connectivity index (χ4v) is 4.18. The van der Waals surface area contributed by atoms with Crippen LogP contribution in [0.15, 0.2) is 38.9 Å². The number of phenolic OH excluding ortho intramolecular Hbond substituents is 1. The molecule has 1 fully saturated rings. The van der Waals surface area contributed by atoms with Crippen LogP contribution in [0.2, 0.25) is 10.0 Å². The van der Waals surface area contributed by atoms with E-state index in [1.165, 1.54) is 6.07 Å². The molecule has 2 aromatic carbocycles. The van der Waals surface area contributed by atoms with Crippen LogP contribution in [0.1, 0.15) is 16.9 Å². The van der Waals surface area contributed by atoms with Crippen LogP contribution < -0.4 is 5.32 Å². The molecular weight excluding hydrogens is 427 g/mol. The smallest absolute Gasteiger partial charge is 0.172 e. The summed E-state index contributed by atoms with van der Waals surface area (Å²) in [4.78, 5) is 2.20. The number of rotatable bonds is 3. The van der Waals surface area contributed by atoms with Gasteiger partial charge in [-0.15, -0.1) is 10.2 Å². The first-order chi connectivity index (χ1) is 14.5. The third-order valence-corrected chi connectivity index (χ3v) is 5.88. The molecule has 30 heavy (non-hydrogen) atoms. The number of nitrogens with zero attached hydrogens (tertiary/aromatic N) is 3. The highest BCUT2D eigenvalue weighted by molar-refractivity contribution is 6.33. The van der Waals surface area contributed by atoms with Gasteiger partial charge in [0.1, 0.15) is 11.3 Å². The van der Waals surface area contributed by atoms with Crippen molar-refractivity contribution in [3.63, 3.8) is 0 Å². The molecule has 0 spiro atoms. The molecule has 9 heteroatoms. The highest BCUT2D eigenvalue weighted by Crippen LogP contribution is 2.44. The van der Waals surface area contributed by atoms with Crippen molar-refractivity contribution < 1.29 is 14.6 Å². The van der Waals surface area contributed by atoms with E-state index in [9.17, 15) is 10.2 Å². The zero-order chi connectivity index (χ0) is 20.8. The summed E-state index contributed by atoms with van der Waals surface area (Å²) in [5, 5.41) is 34.2. The lowest BCUT2D eigenvalue weighted by molar-refractivity contribution is 0.230. The maximum absolute atomic E-state index is 10.8. The first-order valence-electron chi connectivity index (χ1n) is 9.53. The molecule has 0 unspecified atom stereocenters.